The van der Waals surface area contributed by atoms with Gasteiger partial charge >= 0.3 is 0 Å². The number of hydrogen-bond donors (Lipinski definition) is 0. The fourth-order valence-corrected chi connectivity index (χ4v) is 5.70. The topological polar surface area (TPSA) is 24.9 Å². The van der Waals surface area contributed by atoms with Gasteiger partial charge in [0.05, 0.1) is 28.8 Å². The summed E-state index contributed by atoms with van der Waals surface area (Å²) >= 11 is 6.02. The quantitative estimate of drug-likeness (QED) is 0.493. The van der Waals surface area contributed by atoms with Crippen molar-refractivity contribution in [3.8, 4) is 5.75 Å². The molecule has 2 aliphatic heterocycles. The number of anilines is 2. The Morgan fingerprint density at radius 3 is 2.20 bits per heavy atom. The Kier molecular flexibility index (Phi) is 3.91. The van der Waals surface area contributed by atoms with Crippen molar-refractivity contribution in [1.82, 2.24) is 0 Å². The van der Waals surface area contributed by atoms with Crippen LogP contribution in [0.1, 0.15) is 26.3 Å². The Morgan fingerprint density at radius 2 is 1.57 bits per heavy atom. The third kappa shape index (κ3) is 2.19. The van der Waals surface area contributed by atoms with Gasteiger partial charge in [0.15, 0.2) is 0 Å². The minimum absolute atomic E-state index is 0.174. The number of nitrogens with zero attached hydrogens (tertiary/aromatic N) is 2. The predicted molar refractivity (Wildman–Crippen MR) is 125 cm³/mol. The number of fused-ring (bicyclic) bond motifs is 2. The van der Waals surface area contributed by atoms with E-state index >= 15 is 0 Å². The molecule has 0 saturated heterocycles. The molecule has 0 fully saturated rings. The lowest BCUT2D eigenvalue weighted by molar-refractivity contribution is 0.149. The molecule has 1 unspecified atom stereocenters. The van der Waals surface area contributed by atoms with Gasteiger partial charge in [0.25, 0.3) is 0 Å². The van der Waals surface area contributed by atoms with Crippen LogP contribution in [0.3, 0.4) is 0 Å². The summed E-state index contributed by atoms with van der Waals surface area (Å²) in [6.45, 7) is 6.57. The summed E-state index contributed by atoms with van der Waals surface area (Å²) in [5.41, 5.74) is 5.81. The van der Waals surface area contributed by atoms with Crippen LogP contribution in [0.5, 0.6) is 5.75 Å². The first-order valence-corrected chi connectivity index (χ1v) is 10.6. The molecule has 5 heteroatoms. The number of methoxy groups -OCH3 is 1. The second-order valence-corrected chi connectivity index (χ2v) is 9.18. The number of ether oxygens (including phenoxy) is 2. The molecule has 2 aromatic carbocycles. The first-order valence-electron chi connectivity index (χ1n) is 10.2. The van der Waals surface area contributed by atoms with E-state index in [0.717, 1.165) is 33.2 Å². The van der Waals surface area contributed by atoms with Gasteiger partial charge in [-0.2, -0.15) is 0 Å². The third-order valence-corrected chi connectivity index (χ3v) is 7.26. The van der Waals surface area contributed by atoms with E-state index in [1.54, 1.807) is 7.11 Å². The molecule has 2 aromatic rings. The van der Waals surface area contributed by atoms with Crippen molar-refractivity contribution in [2.75, 3.05) is 31.0 Å². The van der Waals surface area contributed by atoms with E-state index in [2.05, 4.69) is 68.0 Å². The van der Waals surface area contributed by atoms with E-state index in [-0.39, 0.29) is 5.41 Å². The summed E-state index contributed by atoms with van der Waals surface area (Å²) in [5.74, 6) is 1.69. The van der Waals surface area contributed by atoms with Gasteiger partial charge in [-0.15, -0.1) is 0 Å². The molecule has 30 heavy (non-hydrogen) atoms. The molecule has 5 rings (SSSR count). The van der Waals surface area contributed by atoms with Crippen LogP contribution in [0, 0.1) is 0 Å². The number of benzene rings is 2. The molecule has 0 aromatic heterocycles. The number of allylic oxidation sites excluding steroid dienone is 2. The van der Waals surface area contributed by atoms with Crippen molar-refractivity contribution in [1.29, 1.82) is 0 Å². The van der Waals surface area contributed by atoms with E-state index in [9.17, 15) is 0 Å². The highest BCUT2D eigenvalue weighted by Crippen LogP contribution is 2.55. The summed E-state index contributed by atoms with van der Waals surface area (Å²) in [4.78, 5) is 5.21. The van der Waals surface area contributed by atoms with Crippen LogP contribution < -0.4 is 14.5 Å². The van der Waals surface area contributed by atoms with Crippen molar-refractivity contribution in [2.24, 2.45) is 0 Å². The number of para-hydroxylation sites is 3. The second kappa shape index (κ2) is 6.11. The molecule has 154 valence electrons. The van der Waals surface area contributed by atoms with Gasteiger partial charge in [0.2, 0.25) is 5.72 Å². The lowest BCUT2D eigenvalue weighted by Gasteiger charge is -2.43. The highest BCUT2D eigenvalue weighted by Gasteiger charge is 2.54. The van der Waals surface area contributed by atoms with Crippen LogP contribution in [0.25, 0.3) is 0 Å². The van der Waals surface area contributed by atoms with E-state index in [1.807, 2.05) is 25.2 Å². The average Bonchev–Trinajstić information content (AvgIpc) is 3.09. The summed E-state index contributed by atoms with van der Waals surface area (Å²) in [6.07, 6.45) is 0. The van der Waals surface area contributed by atoms with Crippen LogP contribution in [-0.4, -0.2) is 31.8 Å². The maximum atomic E-state index is 6.43. The van der Waals surface area contributed by atoms with Crippen LogP contribution in [0.4, 0.5) is 11.4 Å². The Morgan fingerprint density at radius 1 is 0.933 bits per heavy atom. The smallest absolute Gasteiger partial charge is 0.211 e. The molecular formula is C25H26N2O2S. The fourth-order valence-electron chi connectivity index (χ4n) is 5.23. The number of thiocarbonyl (C=S) groups is 1. The Bertz CT molecular complexity index is 1160. The largest absolute Gasteiger partial charge is 0.495 e. The first kappa shape index (κ1) is 19.2. The lowest BCUT2D eigenvalue weighted by Crippen LogP contribution is -2.53. The zero-order chi connectivity index (χ0) is 21.4. The molecule has 3 aliphatic rings. The van der Waals surface area contributed by atoms with Gasteiger partial charge in [-0.1, -0.05) is 56.4 Å². The molecule has 2 heterocycles. The molecule has 0 N–H and O–H groups in total. The van der Waals surface area contributed by atoms with Crippen molar-refractivity contribution in [2.45, 2.75) is 31.9 Å². The number of hydrogen-bond acceptors (Lipinski definition) is 5. The monoisotopic (exact) mass is 418 g/mol. The fraction of sp³-hybridized carbons (Fsp3) is 0.320. The molecule has 4 nitrogen and oxygen atoms in total. The number of likely N-dealkylation sites (N-methyl/N-ethyl adjacent to an activating group) is 2. The summed E-state index contributed by atoms with van der Waals surface area (Å²) < 4.78 is 12.4. The van der Waals surface area contributed by atoms with Crippen molar-refractivity contribution in [3.63, 3.8) is 0 Å². The van der Waals surface area contributed by atoms with Crippen LogP contribution in [0.2, 0.25) is 0 Å². The zero-order valence-corrected chi connectivity index (χ0v) is 19.1. The van der Waals surface area contributed by atoms with E-state index in [1.165, 1.54) is 16.9 Å². The highest BCUT2D eigenvalue weighted by atomic mass is 32.1. The van der Waals surface area contributed by atoms with E-state index in [0.29, 0.717) is 0 Å². The summed E-state index contributed by atoms with van der Waals surface area (Å²) in [6, 6.07) is 16.6. The maximum Gasteiger partial charge on any atom is 0.211 e. The first-order chi connectivity index (χ1) is 14.2. The molecule has 0 spiro atoms. The lowest BCUT2D eigenvalue weighted by atomic mass is 9.74. The highest BCUT2D eigenvalue weighted by molar-refractivity contribution is 7.81. The van der Waals surface area contributed by atoms with Crippen molar-refractivity contribution < 1.29 is 9.47 Å². The molecule has 1 aliphatic carbocycles. The van der Waals surface area contributed by atoms with Crippen LogP contribution in [-0.2, 0) is 10.2 Å². The molecule has 0 radical (unpaired) electrons. The minimum Gasteiger partial charge on any atom is -0.495 e. The standard InChI is InChI=1S/C25H26N2O2S/c1-24(2)15-11-7-8-12-16(15)26(4)23(24)19-21(28-6)20(22(19)30)25(3)27(5)17-13-9-10-14-18(17)29-25/h7-14H,1-6H3/b23-19+. The Hall–Kier alpha value is -2.79. The average molecular weight is 419 g/mol. The Balaban J connectivity index is 1.67. The summed E-state index contributed by atoms with van der Waals surface area (Å²) in [7, 11) is 5.87. The Labute approximate surface area is 183 Å². The van der Waals surface area contributed by atoms with E-state index < -0.39 is 5.72 Å². The normalized spacial score (nSPS) is 26.4. The van der Waals surface area contributed by atoms with Crippen molar-refractivity contribution in [3.05, 3.63) is 76.7 Å². The summed E-state index contributed by atoms with van der Waals surface area (Å²) in [5, 5.41) is 0. The van der Waals surface area contributed by atoms with Gasteiger partial charge in [-0.25, -0.2) is 0 Å². The van der Waals surface area contributed by atoms with Gasteiger partial charge < -0.3 is 19.3 Å². The third-order valence-electron chi connectivity index (χ3n) is 6.85. The van der Waals surface area contributed by atoms with E-state index in [4.69, 9.17) is 21.7 Å². The van der Waals surface area contributed by atoms with Gasteiger partial charge in [0, 0.05) is 30.9 Å². The van der Waals surface area contributed by atoms with Crippen LogP contribution in [0.15, 0.2) is 71.1 Å². The van der Waals surface area contributed by atoms with Gasteiger partial charge in [-0.05, 0) is 30.7 Å². The van der Waals surface area contributed by atoms with Gasteiger partial charge in [0.1, 0.15) is 11.5 Å². The number of rotatable bonds is 2. The second-order valence-electron chi connectivity index (χ2n) is 8.77. The molecule has 1 atom stereocenters. The van der Waals surface area contributed by atoms with Crippen LogP contribution >= 0.6 is 12.2 Å². The predicted octanol–water partition coefficient (Wildman–Crippen LogP) is 5.20. The molecule has 0 saturated carbocycles. The SMILES string of the molecule is COC1=C(C2(C)Oc3ccccc3N2C)C(=S)/C1=C1/N(C)c2ccccc2C1(C)C. The molecule has 0 amide bonds. The minimum atomic E-state index is -0.704. The van der Waals surface area contributed by atoms with Gasteiger partial charge in [-0.3, -0.25) is 0 Å². The maximum absolute atomic E-state index is 6.43. The molecular weight excluding hydrogens is 392 g/mol. The van der Waals surface area contributed by atoms with Crippen molar-refractivity contribution >= 4 is 28.5 Å². The zero-order valence-electron chi connectivity index (χ0n) is 18.2. The molecule has 0 bridgehead atoms.